The molecule has 4 rings (SSSR count). The number of alkyl halides is 3. The van der Waals surface area contributed by atoms with E-state index in [1.807, 2.05) is 0 Å². The van der Waals surface area contributed by atoms with Crippen LogP contribution in [0.3, 0.4) is 0 Å². The van der Waals surface area contributed by atoms with E-state index in [1.54, 1.807) is 31.2 Å². The molecule has 3 aromatic rings. The lowest BCUT2D eigenvalue weighted by Crippen LogP contribution is -2.24. The maximum Gasteiger partial charge on any atom is 0.418 e. The summed E-state index contributed by atoms with van der Waals surface area (Å²) in [5.74, 6) is 0.469. The van der Waals surface area contributed by atoms with Crippen LogP contribution in [0.15, 0.2) is 70.6 Å². The van der Waals surface area contributed by atoms with Gasteiger partial charge in [-0.15, -0.1) is 0 Å². The molecule has 0 fully saturated rings. The summed E-state index contributed by atoms with van der Waals surface area (Å²) in [6.07, 6.45) is -3.51. The first kappa shape index (κ1) is 29.8. The molecule has 0 saturated carbocycles. The fourth-order valence-corrected chi connectivity index (χ4v) is 6.26. The van der Waals surface area contributed by atoms with E-state index in [1.165, 1.54) is 30.3 Å². The SMILES string of the molecule is CC1=NC(c2cc(Oc3cccc(S(=O)(=O)CCCNS(C)(=O)=O)c3)ccc2Cl)c2cccc(C(F)(F)F)c2N1. The zero-order valence-electron chi connectivity index (χ0n) is 21.3. The van der Waals surface area contributed by atoms with Gasteiger partial charge in [0.25, 0.3) is 0 Å². The molecular weight excluding hydrogens is 591 g/mol. The number of benzene rings is 3. The number of hydrogen-bond acceptors (Lipinski definition) is 7. The normalized spacial score (nSPS) is 15.7. The van der Waals surface area contributed by atoms with Crippen molar-refractivity contribution in [1.29, 1.82) is 0 Å². The number of nitrogens with zero attached hydrogens (tertiary/aromatic N) is 1. The number of amidine groups is 1. The number of rotatable bonds is 9. The van der Waals surface area contributed by atoms with Gasteiger partial charge < -0.3 is 10.1 Å². The molecule has 3 aromatic carbocycles. The number of anilines is 1. The first-order chi connectivity index (χ1) is 18.6. The van der Waals surface area contributed by atoms with E-state index in [0.717, 1.165) is 12.3 Å². The maximum absolute atomic E-state index is 13.7. The van der Waals surface area contributed by atoms with Gasteiger partial charge in [0.2, 0.25) is 10.0 Å². The number of sulfone groups is 1. The number of sulfonamides is 1. The highest BCUT2D eigenvalue weighted by Gasteiger charge is 2.37. The Labute approximate surface area is 235 Å². The Morgan fingerprint density at radius 1 is 1.00 bits per heavy atom. The minimum atomic E-state index is -4.58. The Balaban J connectivity index is 1.60. The molecule has 1 aliphatic rings. The van der Waals surface area contributed by atoms with Gasteiger partial charge in [-0.25, -0.2) is 21.6 Å². The van der Waals surface area contributed by atoms with Crippen LogP contribution in [-0.2, 0) is 26.0 Å². The molecule has 0 spiro atoms. The van der Waals surface area contributed by atoms with Gasteiger partial charge >= 0.3 is 6.18 Å². The lowest BCUT2D eigenvalue weighted by atomic mass is 9.93. The van der Waals surface area contributed by atoms with Crippen molar-refractivity contribution in [3.05, 3.63) is 82.4 Å². The molecule has 0 bridgehead atoms. The summed E-state index contributed by atoms with van der Waals surface area (Å²) < 4.78 is 97.1. The second kappa shape index (κ2) is 11.4. The van der Waals surface area contributed by atoms with E-state index in [4.69, 9.17) is 16.3 Å². The predicted octanol–water partition coefficient (Wildman–Crippen LogP) is 5.80. The Kier molecular flexibility index (Phi) is 8.50. The molecule has 0 aromatic heterocycles. The highest BCUT2D eigenvalue weighted by Crippen LogP contribution is 2.45. The minimum absolute atomic E-state index is 0.00858. The van der Waals surface area contributed by atoms with Crippen LogP contribution >= 0.6 is 11.6 Å². The summed E-state index contributed by atoms with van der Waals surface area (Å²) in [5.41, 5.74) is -0.224. The number of fused-ring (bicyclic) bond motifs is 1. The van der Waals surface area contributed by atoms with E-state index in [-0.39, 0.29) is 57.2 Å². The number of nitrogens with one attached hydrogen (secondary N) is 2. The highest BCUT2D eigenvalue weighted by atomic mass is 35.5. The summed E-state index contributed by atoms with van der Waals surface area (Å²) in [4.78, 5) is 4.49. The lowest BCUT2D eigenvalue weighted by molar-refractivity contribution is -0.137. The number of hydrogen-bond donors (Lipinski definition) is 2. The molecule has 40 heavy (non-hydrogen) atoms. The molecule has 1 unspecified atom stereocenters. The van der Waals surface area contributed by atoms with Crippen LogP contribution in [0.1, 0.15) is 36.1 Å². The van der Waals surface area contributed by atoms with Crippen molar-refractivity contribution >= 4 is 43.0 Å². The molecule has 2 N–H and O–H groups in total. The van der Waals surface area contributed by atoms with Gasteiger partial charge in [0.15, 0.2) is 9.84 Å². The van der Waals surface area contributed by atoms with Crippen LogP contribution in [0.25, 0.3) is 0 Å². The van der Waals surface area contributed by atoms with Crippen molar-refractivity contribution < 1.29 is 34.7 Å². The summed E-state index contributed by atoms with van der Waals surface area (Å²) in [6.45, 7) is 1.54. The van der Waals surface area contributed by atoms with Crippen molar-refractivity contribution in [2.75, 3.05) is 23.9 Å². The van der Waals surface area contributed by atoms with Crippen LogP contribution in [0.4, 0.5) is 18.9 Å². The van der Waals surface area contributed by atoms with Crippen LogP contribution in [0.5, 0.6) is 11.5 Å². The minimum Gasteiger partial charge on any atom is -0.457 e. The largest absolute Gasteiger partial charge is 0.457 e. The molecule has 0 saturated heterocycles. The van der Waals surface area contributed by atoms with Gasteiger partial charge in [-0.05, 0) is 55.8 Å². The van der Waals surface area contributed by atoms with Crippen LogP contribution < -0.4 is 14.8 Å². The van der Waals surface area contributed by atoms with E-state index < -0.39 is 37.6 Å². The average Bonchev–Trinajstić information content (AvgIpc) is 2.86. The second-order valence-corrected chi connectivity index (χ2v) is 13.5. The summed E-state index contributed by atoms with van der Waals surface area (Å²) in [7, 11) is -7.16. The van der Waals surface area contributed by atoms with Crippen molar-refractivity contribution in [3.63, 3.8) is 0 Å². The zero-order valence-corrected chi connectivity index (χ0v) is 23.7. The smallest absolute Gasteiger partial charge is 0.418 e. The Hall–Kier alpha value is -3.13. The molecule has 14 heteroatoms. The predicted molar refractivity (Wildman–Crippen MR) is 148 cm³/mol. The van der Waals surface area contributed by atoms with E-state index >= 15 is 0 Å². The van der Waals surface area contributed by atoms with E-state index in [2.05, 4.69) is 15.0 Å². The highest BCUT2D eigenvalue weighted by molar-refractivity contribution is 7.91. The zero-order chi connectivity index (χ0) is 29.3. The fourth-order valence-electron chi connectivity index (χ4n) is 4.19. The quantitative estimate of drug-likeness (QED) is 0.294. The molecule has 1 heterocycles. The standard InChI is InChI=1S/C26H25ClF3N3O5S2/c1-16-32-24(20-8-4-9-22(25(20)33-16)26(28,29)30)21-15-18(10-11-23(21)27)38-17-6-3-7-19(14-17)40(36,37)13-5-12-31-39(2,34)35/h3-4,6-11,14-15,24,31H,5,12-13H2,1-2H3,(H,32,33). The summed E-state index contributed by atoms with van der Waals surface area (Å²) in [5, 5.41) is 2.98. The molecule has 8 nitrogen and oxygen atoms in total. The van der Waals surface area contributed by atoms with Gasteiger partial charge in [-0.1, -0.05) is 29.8 Å². The Morgan fingerprint density at radius 2 is 1.70 bits per heavy atom. The van der Waals surface area contributed by atoms with Gasteiger partial charge in [0.05, 0.1) is 34.0 Å². The van der Waals surface area contributed by atoms with Crippen LogP contribution in [-0.4, -0.2) is 41.2 Å². The van der Waals surface area contributed by atoms with Crippen molar-refractivity contribution in [2.24, 2.45) is 4.99 Å². The van der Waals surface area contributed by atoms with Gasteiger partial charge in [-0.2, -0.15) is 13.2 Å². The molecule has 1 aliphatic heterocycles. The summed E-state index contributed by atoms with van der Waals surface area (Å²) in [6, 6.07) is 13.4. The number of para-hydroxylation sites is 1. The van der Waals surface area contributed by atoms with Gasteiger partial charge in [-0.3, -0.25) is 4.99 Å². The molecule has 214 valence electrons. The van der Waals surface area contributed by atoms with Crippen LogP contribution in [0, 0.1) is 0 Å². The van der Waals surface area contributed by atoms with Crippen molar-refractivity contribution in [2.45, 2.75) is 30.5 Å². The molecule has 0 amide bonds. The fraction of sp³-hybridized carbons (Fsp3) is 0.269. The third-order valence-electron chi connectivity index (χ3n) is 5.94. The molecule has 0 radical (unpaired) electrons. The third kappa shape index (κ3) is 7.14. The number of aliphatic imine (C=N–C) groups is 1. The topological polar surface area (TPSA) is 114 Å². The maximum atomic E-state index is 13.7. The monoisotopic (exact) mass is 615 g/mol. The number of ether oxygens (including phenoxy) is 1. The van der Waals surface area contributed by atoms with Crippen LogP contribution in [0.2, 0.25) is 5.02 Å². The van der Waals surface area contributed by atoms with Crippen molar-refractivity contribution in [1.82, 2.24) is 4.72 Å². The van der Waals surface area contributed by atoms with Gasteiger partial charge in [0.1, 0.15) is 17.5 Å². The molecule has 1 atom stereocenters. The average molecular weight is 616 g/mol. The second-order valence-electron chi connectivity index (χ2n) is 9.11. The summed E-state index contributed by atoms with van der Waals surface area (Å²) >= 11 is 6.46. The Bertz CT molecular complexity index is 1680. The number of halogens is 4. The van der Waals surface area contributed by atoms with E-state index in [9.17, 15) is 30.0 Å². The molecule has 0 aliphatic carbocycles. The Morgan fingerprint density at radius 3 is 2.40 bits per heavy atom. The first-order valence-corrected chi connectivity index (χ1v) is 15.8. The molecular formula is C26H25ClF3N3O5S2. The third-order valence-corrected chi connectivity index (χ3v) is 8.81. The van der Waals surface area contributed by atoms with E-state index in [0.29, 0.717) is 5.56 Å². The van der Waals surface area contributed by atoms with Gasteiger partial charge in [0, 0.05) is 22.7 Å². The lowest BCUT2D eigenvalue weighted by Gasteiger charge is -2.27. The first-order valence-electron chi connectivity index (χ1n) is 11.9. The van der Waals surface area contributed by atoms with Crippen molar-refractivity contribution in [3.8, 4) is 11.5 Å².